The van der Waals surface area contributed by atoms with Gasteiger partial charge in [0.05, 0.1) is 11.8 Å². The SMILES string of the molecule is Cc1cc2c(cc1CN1C[C@@H](Cc3cnccn3)[C@H](O)C1)OCO2. The topological polar surface area (TPSA) is 67.7 Å². The molecule has 0 radical (unpaired) electrons. The molecule has 0 saturated carbocycles. The van der Waals surface area contributed by atoms with Gasteiger partial charge in [0.25, 0.3) is 0 Å². The Balaban J connectivity index is 1.43. The van der Waals surface area contributed by atoms with Gasteiger partial charge in [-0.05, 0) is 36.6 Å². The molecule has 1 fully saturated rings. The minimum absolute atomic E-state index is 0.191. The number of likely N-dealkylation sites (tertiary alicyclic amines) is 1. The third kappa shape index (κ3) is 3.07. The fourth-order valence-electron chi connectivity index (χ4n) is 3.47. The highest BCUT2D eigenvalue weighted by atomic mass is 16.7. The maximum atomic E-state index is 10.4. The van der Waals surface area contributed by atoms with Gasteiger partial charge in [0.2, 0.25) is 6.79 Å². The third-order valence-electron chi connectivity index (χ3n) is 4.80. The fourth-order valence-corrected chi connectivity index (χ4v) is 3.47. The number of aryl methyl sites for hydroxylation is 1. The van der Waals surface area contributed by atoms with Gasteiger partial charge in [-0.25, -0.2) is 0 Å². The zero-order valence-electron chi connectivity index (χ0n) is 13.7. The zero-order chi connectivity index (χ0) is 16.5. The molecule has 6 nitrogen and oxygen atoms in total. The molecule has 3 heterocycles. The average molecular weight is 327 g/mol. The normalized spacial score (nSPS) is 22.9. The Labute approximate surface area is 141 Å². The van der Waals surface area contributed by atoms with Gasteiger partial charge in [-0.15, -0.1) is 0 Å². The monoisotopic (exact) mass is 327 g/mol. The van der Waals surface area contributed by atoms with Crippen LogP contribution in [0.3, 0.4) is 0 Å². The molecule has 0 aliphatic carbocycles. The van der Waals surface area contributed by atoms with Gasteiger partial charge in [0.15, 0.2) is 11.5 Å². The van der Waals surface area contributed by atoms with Crippen molar-refractivity contribution in [3.05, 3.63) is 47.5 Å². The number of fused-ring (bicyclic) bond motifs is 1. The van der Waals surface area contributed by atoms with Crippen LogP contribution in [-0.2, 0) is 13.0 Å². The molecule has 2 atom stereocenters. The molecular formula is C18H21N3O3. The molecule has 2 aliphatic heterocycles. The Bertz CT molecular complexity index is 723. The van der Waals surface area contributed by atoms with Crippen molar-refractivity contribution in [1.82, 2.24) is 14.9 Å². The smallest absolute Gasteiger partial charge is 0.231 e. The van der Waals surface area contributed by atoms with E-state index in [-0.39, 0.29) is 12.0 Å². The number of aliphatic hydroxyl groups excluding tert-OH is 1. The number of benzene rings is 1. The molecule has 1 aromatic heterocycles. The molecule has 0 unspecified atom stereocenters. The Kier molecular flexibility index (Phi) is 4.08. The third-order valence-corrected chi connectivity index (χ3v) is 4.80. The second kappa shape index (κ2) is 6.37. The Morgan fingerprint density at radius 2 is 2.04 bits per heavy atom. The Hall–Kier alpha value is -2.18. The standard InChI is InChI=1S/C18H21N3O3/c1-12-4-17-18(24-11-23-17)6-13(12)8-21-9-14(16(22)10-21)5-15-7-19-2-3-20-15/h2-4,6-7,14,16,22H,5,8-11H2,1H3/t14-,16-/m1/s1. The van der Waals surface area contributed by atoms with Gasteiger partial charge < -0.3 is 14.6 Å². The van der Waals surface area contributed by atoms with Crippen LogP contribution in [0.5, 0.6) is 11.5 Å². The lowest BCUT2D eigenvalue weighted by Crippen LogP contribution is -2.21. The first-order valence-electron chi connectivity index (χ1n) is 8.23. The summed E-state index contributed by atoms with van der Waals surface area (Å²) in [5.41, 5.74) is 3.33. The van der Waals surface area contributed by atoms with E-state index in [1.165, 1.54) is 11.1 Å². The summed E-state index contributed by atoms with van der Waals surface area (Å²) >= 11 is 0. The van der Waals surface area contributed by atoms with Crippen LogP contribution < -0.4 is 9.47 Å². The first-order valence-corrected chi connectivity index (χ1v) is 8.23. The van der Waals surface area contributed by atoms with Crippen molar-refractivity contribution in [3.63, 3.8) is 0 Å². The predicted molar refractivity (Wildman–Crippen MR) is 87.8 cm³/mol. The molecule has 126 valence electrons. The summed E-state index contributed by atoms with van der Waals surface area (Å²) in [6.07, 6.45) is 5.57. The molecule has 4 rings (SSSR count). The van der Waals surface area contributed by atoms with Crippen molar-refractivity contribution in [2.24, 2.45) is 5.92 Å². The number of β-amino-alcohol motifs (C(OH)–C–C–N with tert-alkyl or cyclic N) is 1. The maximum absolute atomic E-state index is 10.4. The van der Waals surface area contributed by atoms with E-state index in [9.17, 15) is 5.11 Å². The Morgan fingerprint density at radius 3 is 2.83 bits per heavy atom. The van der Waals surface area contributed by atoms with E-state index in [4.69, 9.17) is 9.47 Å². The van der Waals surface area contributed by atoms with Crippen LogP contribution in [0.4, 0.5) is 0 Å². The summed E-state index contributed by atoms with van der Waals surface area (Å²) in [5, 5.41) is 10.4. The number of aromatic nitrogens is 2. The van der Waals surface area contributed by atoms with Gasteiger partial charge in [0, 0.05) is 44.1 Å². The van der Waals surface area contributed by atoms with E-state index in [1.807, 2.05) is 6.07 Å². The molecule has 1 aromatic carbocycles. The fraction of sp³-hybridized carbons (Fsp3) is 0.444. The Morgan fingerprint density at radius 1 is 1.21 bits per heavy atom. The van der Waals surface area contributed by atoms with E-state index in [0.717, 1.165) is 36.7 Å². The number of aliphatic hydroxyl groups is 1. The van der Waals surface area contributed by atoms with Crippen LogP contribution in [0.15, 0.2) is 30.7 Å². The summed E-state index contributed by atoms with van der Waals surface area (Å²) in [4.78, 5) is 10.7. The summed E-state index contributed by atoms with van der Waals surface area (Å²) < 4.78 is 10.9. The molecule has 0 bridgehead atoms. The van der Waals surface area contributed by atoms with Crippen LogP contribution in [0.1, 0.15) is 16.8 Å². The molecule has 6 heteroatoms. The molecule has 2 aliphatic rings. The van der Waals surface area contributed by atoms with E-state index in [1.54, 1.807) is 18.6 Å². The summed E-state index contributed by atoms with van der Waals surface area (Å²) in [5.74, 6) is 1.82. The molecular weight excluding hydrogens is 306 g/mol. The number of rotatable bonds is 4. The highest BCUT2D eigenvalue weighted by molar-refractivity contribution is 5.48. The lowest BCUT2D eigenvalue weighted by atomic mass is 10.0. The van der Waals surface area contributed by atoms with Gasteiger partial charge in [0.1, 0.15) is 0 Å². The maximum Gasteiger partial charge on any atom is 0.231 e. The van der Waals surface area contributed by atoms with E-state index in [2.05, 4.69) is 27.9 Å². The van der Waals surface area contributed by atoms with Crippen molar-refractivity contribution < 1.29 is 14.6 Å². The van der Waals surface area contributed by atoms with Crippen LogP contribution in [0, 0.1) is 12.8 Å². The van der Waals surface area contributed by atoms with Gasteiger partial charge in [-0.1, -0.05) is 0 Å². The van der Waals surface area contributed by atoms with E-state index in [0.29, 0.717) is 13.3 Å². The summed E-state index contributed by atoms with van der Waals surface area (Å²) in [6, 6.07) is 4.08. The molecule has 24 heavy (non-hydrogen) atoms. The first-order chi connectivity index (χ1) is 11.7. The molecule has 2 aromatic rings. The van der Waals surface area contributed by atoms with Gasteiger partial charge >= 0.3 is 0 Å². The number of ether oxygens (including phenoxy) is 2. The van der Waals surface area contributed by atoms with Crippen molar-refractivity contribution >= 4 is 0 Å². The lowest BCUT2D eigenvalue weighted by Gasteiger charge is -2.17. The molecule has 1 saturated heterocycles. The summed E-state index contributed by atoms with van der Waals surface area (Å²) in [7, 11) is 0. The van der Waals surface area contributed by atoms with Crippen molar-refractivity contribution in [3.8, 4) is 11.5 Å². The average Bonchev–Trinajstić information content (AvgIpc) is 3.15. The largest absolute Gasteiger partial charge is 0.454 e. The van der Waals surface area contributed by atoms with Crippen molar-refractivity contribution in [2.75, 3.05) is 19.9 Å². The predicted octanol–water partition coefficient (Wildman–Crippen LogP) is 1.55. The van der Waals surface area contributed by atoms with Crippen molar-refractivity contribution in [2.45, 2.75) is 26.0 Å². The minimum atomic E-state index is -0.332. The highest BCUT2D eigenvalue weighted by Crippen LogP contribution is 2.35. The second-order valence-corrected chi connectivity index (χ2v) is 6.55. The van der Waals surface area contributed by atoms with Crippen LogP contribution >= 0.6 is 0 Å². The molecule has 0 amide bonds. The van der Waals surface area contributed by atoms with Crippen molar-refractivity contribution in [1.29, 1.82) is 0 Å². The zero-order valence-corrected chi connectivity index (χ0v) is 13.7. The number of nitrogens with zero attached hydrogens (tertiary/aromatic N) is 3. The quantitative estimate of drug-likeness (QED) is 0.919. The van der Waals surface area contributed by atoms with E-state index < -0.39 is 0 Å². The molecule has 0 spiro atoms. The lowest BCUT2D eigenvalue weighted by molar-refractivity contribution is 0.140. The second-order valence-electron chi connectivity index (χ2n) is 6.55. The number of hydrogen-bond donors (Lipinski definition) is 1. The van der Waals surface area contributed by atoms with Crippen LogP contribution in [0.25, 0.3) is 0 Å². The van der Waals surface area contributed by atoms with Gasteiger partial charge in [-0.2, -0.15) is 0 Å². The van der Waals surface area contributed by atoms with Crippen LogP contribution in [-0.4, -0.2) is 46.0 Å². The van der Waals surface area contributed by atoms with Gasteiger partial charge in [-0.3, -0.25) is 14.9 Å². The first kappa shape index (κ1) is 15.4. The number of hydrogen-bond acceptors (Lipinski definition) is 6. The minimum Gasteiger partial charge on any atom is -0.454 e. The van der Waals surface area contributed by atoms with E-state index >= 15 is 0 Å². The molecule has 1 N–H and O–H groups in total. The van der Waals surface area contributed by atoms with Crippen LogP contribution in [0.2, 0.25) is 0 Å². The highest BCUT2D eigenvalue weighted by Gasteiger charge is 2.32. The summed E-state index contributed by atoms with van der Waals surface area (Å²) in [6.45, 7) is 4.71.